The highest BCUT2D eigenvalue weighted by Crippen LogP contribution is 2.32. The fourth-order valence-corrected chi connectivity index (χ4v) is 2.88. The summed E-state index contributed by atoms with van der Waals surface area (Å²) in [6.45, 7) is 6.52. The van der Waals surface area contributed by atoms with Crippen molar-refractivity contribution < 1.29 is 0 Å². The molecule has 90 valence electrons. The van der Waals surface area contributed by atoms with Gasteiger partial charge in [0.2, 0.25) is 0 Å². The minimum absolute atomic E-state index is 0.659. The van der Waals surface area contributed by atoms with E-state index in [4.69, 9.17) is 0 Å². The monoisotopic (exact) mass is 221 g/mol. The first-order valence-corrected chi connectivity index (χ1v) is 6.40. The highest BCUT2D eigenvalue weighted by Gasteiger charge is 2.26. The Hall–Kier alpha value is -0.990. The first-order valence-electron chi connectivity index (χ1n) is 6.40. The number of nitrogens with zero attached hydrogens (tertiary/aromatic N) is 2. The quantitative estimate of drug-likeness (QED) is 0.850. The molecule has 1 aromatic rings. The zero-order valence-electron chi connectivity index (χ0n) is 10.9. The van der Waals surface area contributed by atoms with Gasteiger partial charge in [0.25, 0.3) is 0 Å². The summed E-state index contributed by atoms with van der Waals surface area (Å²) in [5.41, 5.74) is 3.63. The van der Waals surface area contributed by atoms with Crippen LogP contribution in [-0.4, -0.2) is 15.8 Å². The second-order valence-electron chi connectivity index (χ2n) is 5.02. The van der Waals surface area contributed by atoms with Gasteiger partial charge < -0.3 is 5.32 Å². The van der Waals surface area contributed by atoms with Crippen molar-refractivity contribution in [2.45, 2.75) is 52.5 Å². The summed E-state index contributed by atoms with van der Waals surface area (Å²) in [7, 11) is 2.01. The molecule has 2 rings (SSSR count). The minimum atomic E-state index is 0.659. The maximum absolute atomic E-state index is 4.46. The van der Waals surface area contributed by atoms with Crippen molar-refractivity contribution in [1.29, 1.82) is 0 Å². The summed E-state index contributed by atoms with van der Waals surface area (Å²) in [6.07, 6.45) is 5.35. The lowest BCUT2D eigenvalue weighted by atomic mass is 10.0. The van der Waals surface area contributed by atoms with Crippen LogP contribution in [-0.2, 0) is 7.05 Å². The molecule has 0 amide bonds. The lowest BCUT2D eigenvalue weighted by molar-refractivity contribution is 0.489. The molecule has 2 unspecified atom stereocenters. The fourth-order valence-electron chi connectivity index (χ4n) is 2.88. The van der Waals surface area contributed by atoms with Crippen LogP contribution in [0.2, 0.25) is 0 Å². The highest BCUT2D eigenvalue weighted by atomic mass is 15.3. The normalized spacial score (nSPS) is 25.0. The molecule has 1 aromatic heterocycles. The van der Waals surface area contributed by atoms with E-state index >= 15 is 0 Å². The highest BCUT2D eigenvalue weighted by molar-refractivity contribution is 5.52. The topological polar surface area (TPSA) is 29.9 Å². The van der Waals surface area contributed by atoms with E-state index in [1.807, 2.05) is 11.7 Å². The maximum atomic E-state index is 4.46. The van der Waals surface area contributed by atoms with Crippen LogP contribution in [0.25, 0.3) is 0 Å². The van der Waals surface area contributed by atoms with E-state index in [2.05, 4.69) is 31.2 Å². The molecule has 0 spiro atoms. The van der Waals surface area contributed by atoms with Gasteiger partial charge in [0, 0.05) is 13.1 Å². The molecule has 1 saturated carbocycles. The summed E-state index contributed by atoms with van der Waals surface area (Å²) in [5.74, 6) is 0.846. The van der Waals surface area contributed by atoms with E-state index in [-0.39, 0.29) is 0 Å². The van der Waals surface area contributed by atoms with Gasteiger partial charge in [-0.15, -0.1) is 0 Å². The van der Waals surface area contributed by atoms with Crippen molar-refractivity contribution in [1.82, 2.24) is 9.78 Å². The van der Waals surface area contributed by atoms with Gasteiger partial charge in [-0.1, -0.05) is 19.8 Å². The van der Waals surface area contributed by atoms with Gasteiger partial charge in [-0.05, 0) is 32.6 Å². The first-order chi connectivity index (χ1) is 7.63. The Balaban J connectivity index is 2.14. The number of nitrogens with one attached hydrogen (secondary N) is 1. The molecule has 1 aliphatic rings. The van der Waals surface area contributed by atoms with Gasteiger partial charge in [0.15, 0.2) is 0 Å². The van der Waals surface area contributed by atoms with Crippen LogP contribution >= 0.6 is 0 Å². The molecule has 1 heterocycles. The summed E-state index contributed by atoms with van der Waals surface area (Å²) < 4.78 is 1.97. The van der Waals surface area contributed by atoms with Crippen molar-refractivity contribution in [2.75, 3.05) is 5.32 Å². The number of hydrogen-bond donors (Lipinski definition) is 1. The third-order valence-corrected chi connectivity index (χ3v) is 4.02. The third kappa shape index (κ3) is 1.95. The number of anilines is 1. The van der Waals surface area contributed by atoms with Gasteiger partial charge in [-0.25, -0.2) is 0 Å². The van der Waals surface area contributed by atoms with Crippen molar-refractivity contribution in [3.8, 4) is 0 Å². The summed E-state index contributed by atoms with van der Waals surface area (Å²) in [5, 5.41) is 8.17. The SMILES string of the molecule is CCC1CCCC1Nc1c(C)nn(C)c1C. The molecule has 0 aliphatic heterocycles. The van der Waals surface area contributed by atoms with Crippen LogP contribution < -0.4 is 5.32 Å². The lowest BCUT2D eigenvalue weighted by Crippen LogP contribution is -2.24. The summed E-state index contributed by atoms with van der Waals surface area (Å²) >= 11 is 0. The Bertz CT molecular complexity index is 367. The standard InChI is InChI=1S/C13H23N3/c1-5-11-7-6-8-12(11)14-13-9(2)15-16(4)10(13)3/h11-12,14H,5-8H2,1-4H3. The molecule has 0 radical (unpaired) electrons. The van der Waals surface area contributed by atoms with Gasteiger partial charge in [-0.3, -0.25) is 4.68 Å². The fraction of sp³-hybridized carbons (Fsp3) is 0.769. The van der Waals surface area contributed by atoms with Crippen LogP contribution in [0, 0.1) is 19.8 Å². The summed E-state index contributed by atoms with van der Waals surface area (Å²) in [6, 6.07) is 0.659. The second kappa shape index (κ2) is 4.48. The van der Waals surface area contributed by atoms with E-state index in [9.17, 15) is 0 Å². The van der Waals surface area contributed by atoms with Crippen molar-refractivity contribution >= 4 is 5.69 Å². The first kappa shape index (κ1) is 11.5. The molecular weight excluding hydrogens is 198 g/mol. The Kier molecular flexibility index (Phi) is 3.22. The summed E-state index contributed by atoms with van der Waals surface area (Å²) in [4.78, 5) is 0. The Morgan fingerprint density at radius 3 is 2.69 bits per heavy atom. The molecule has 2 atom stereocenters. The average molecular weight is 221 g/mol. The van der Waals surface area contributed by atoms with Gasteiger partial charge in [0.05, 0.1) is 17.1 Å². The molecule has 0 saturated heterocycles. The Morgan fingerprint density at radius 1 is 1.38 bits per heavy atom. The van der Waals surface area contributed by atoms with Gasteiger partial charge in [-0.2, -0.15) is 5.10 Å². The molecule has 16 heavy (non-hydrogen) atoms. The molecule has 1 N–H and O–H groups in total. The maximum Gasteiger partial charge on any atom is 0.0827 e. The predicted octanol–water partition coefficient (Wildman–Crippen LogP) is 3.03. The largest absolute Gasteiger partial charge is 0.379 e. The second-order valence-corrected chi connectivity index (χ2v) is 5.02. The predicted molar refractivity (Wildman–Crippen MR) is 67.7 cm³/mol. The third-order valence-electron chi connectivity index (χ3n) is 4.02. The van der Waals surface area contributed by atoms with E-state index in [1.54, 1.807) is 0 Å². The van der Waals surface area contributed by atoms with E-state index in [1.165, 1.54) is 37.1 Å². The molecule has 1 fully saturated rings. The minimum Gasteiger partial charge on any atom is -0.379 e. The zero-order valence-corrected chi connectivity index (χ0v) is 10.9. The molecular formula is C13H23N3. The van der Waals surface area contributed by atoms with Crippen LogP contribution in [0.3, 0.4) is 0 Å². The Morgan fingerprint density at radius 2 is 2.12 bits per heavy atom. The van der Waals surface area contributed by atoms with Gasteiger partial charge in [0.1, 0.15) is 0 Å². The molecule has 0 aromatic carbocycles. The number of rotatable bonds is 3. The van der Waals surface area contributed by atoms with Crippen LogP contribution in [0.1, 0.15) is 44.0 Å². The number of aromatic nitrogens is 2. The number of hydrogen-bond acceptors (Lipinski definition) is 2. The average Bonchev–Trinajstić information content (AvgIpc) is 2.79. The van der Waals surface area contributed by atoms with Crippen LogP contribution in [0.5, 0.6) is 0 Å². The zero-order chi connectivity index (χ0) is 11.7. The van der Waals surface area contributed by atoms with E-state index in [0.29, 0.717) is 6.04 Å². The van der Waals surface area contributed by atoms with Crippen LogP contribution in [0.4, 0.5) is 5.69 Å². The van der Waals surface area contributed by atoms with E-state index in [0.717, 1.165) is 11.6 Å². The van der Waals surface area contributed by atoms with Gasteiger partial charge >= 0.3 is 0 Å². The molecule has 0 bridgehead atoms. The van der Waals surface area contributed by atoms with Crippen molar-refractivity contribution in [3.05, 3.63) is 11.4 Å². The molecule has 3 nitrogen and oxygen atoms in total. The smallest absolute Gasteiger partial charge is 0.0827 e. The lowest BCUT2D eigenvalue weighted by Gasteiger charge is -2.21. The number of aryl methyl sites for hydroxylation is 2. The Labute approximate surface area is 98.2 Å². The van der Waals surface area contributed by atoms with E-state index < -0.39 is 0 Å². The van der Waals surface area contributed by atoms with Crippen molar-refractivity contribution in [3.63, 3.8) is 0 Å². The van der Waals surface area contributed by atoms with Crippen molar-refractivity contribution in [2.24, 2.45) is 13.0 Å². The molecule has 1 aliphatic carbocycles. The molecule has 3 heteroatoms. The van der Waals surface area contributed by atoms with Crippen LogP contribution in [0.15, 0.2) is 0 Å².